The van der Waals surface area contributed by atoms with E-state index in [-0.39, 0.29) is 26.3 Å². The molecule has 0 bridgehead atoms. The molecule has 0 radical (unpaired) electrons. The summed E-state index contributed by atoms with van der Waals surface area (Å²) in [7, 11) is 0. The van der Waals surface area contributed by atoms with Crippen molar-refractivity contribution in [1.29, 1.82) is 0 Å². The summed E-state index contributed by atoms with van der Waals surface area (Å²) in [5.41, 5.74) is 0. The lowest BCUT2D eigenvalue weighted by atomic mass is 10.3. The van der Waals surface area contributed by atoms with Gasteiger partial charge in [-0.1, -0.05) is 11.6 Å². The Kier molecular flexibility index (Phi) is 7.14. The Morgan fingerprint density at radius 3 is 2.35 bits per heavy atom. The molecule has 0 fully saturated rings. The van der Waals surface area contributed by atoms with Crippen molar-refractivity contribution in [2.75, 3.05) is 26.3 Å². The quantitative estimate of drug-likeness (QED) is 0.658. The standard InChI is InChI=1S/C13H19ClN2O4/c1-10(20-12-4-2-11(14)3-5-12)15-13(19)16(6-8-17)7-9-18/h2-5,10,17-18H,6-9H2,1H3,(H,15,19). The lowest BCUT2D eigenvalue weighted by Crippen LogP contribution is -2.47. The fourth-order valence-electron chi connectivity index (χ4n) is 1.57. The van der Waals surface area contributed by atoms with E-state index < -0.39 is 12.3 Å². The summed E-state index contributed by atoms with van der Waals surface area (Å²) >= 11 is 5.76. The van der Waals surface area contributed by atoms with E-state index in [1.165, 1.54) is 4.90 Å². The highest BCUT2D eigenvalue weighted by Gasteiger charge is 2.15. The second-order valence-corrected chi connectivity index (χ2v) is 4.53. The summed E-state index contributed by atoms with van der Waals surface area (Å²) in [4.78, 5) is 13.2. The molecule has 0 aliphatic carbocycles. The minimum Gasteiger partial charge on any atom is -0.471 e. The molecule has 1 unspecified atom stereocenters. The Labute approximate surface area is 122 Å². The SMILES string of the molecule is CC(NC(=O)N(CCO)CCO)Oc1ccc(Cl)cc1. The van der Waals surface area contributed by atoms with Crippen LogP contribution in [0, 0.1) is 0 Å². The number of nitrogens with one attached hydrogen (secondary N) is 1. The van der Waals surface area contributed by atoms with E-state index in [9.17, 15) is 4.79 Å². The van der Waals surface area contributed by atoms with Crippen molar-refractivity contribution in [3.63, 3.8) is 0 Å². The summed E-state index contributed by atoms with van der Waals surface area (Å²) in [6.45, 7) is 1.66. The number of aliphatic hydroxyl groups is 2. The van der Waals surface area contributed by atoms with Gasteiger partial charge in [0.25, 0.3) is 0 Å². The number of carbonyl (C=O) groups is 1. The van der Waals surface area contributed by atoms with Crippen molar-refractivity contribution in [1.82, 2.24) is 10.2 Å². The molecule has 0 spiro atoms. The van der Waals surface area contributed by atoms with Crippen molar-refractivity contribution in [3.8, 4) is 5.75 Å². The van der Waals surface area contributed by atoms with Gasteiger partial charge in [0.1, 0.15) is 5.75 Å². The third kappa shape index (κ3) is 5.64. The molecule has 2 amide bonds. The molecular formula is C13H19ClN2O4. The molecule has 0 saturated heterocycles. The molecule has 1 atom stereocenters. The van der Waals surface area contributed by atoms with Crippen LogP contribution in [-0.2, 0) is 0 Å². The second kappa shape index (κ2) is 8.63. The van der Waals surface area contributed by atoms with Gasteiger partial charge in [0, 0.05) is 18.1 Å². The van der Waals surface area contributed by atoms with Gasteiger partial charge < -0.3 is 25.2 Å². The summed E-state index contributed by atoms with van der Waals surface area (Å²) in [6.07, 6.45) is -0.552. The van der Waals surface area contributed by atoms with E-state index in [0.717, 1.165) is 0 Å². The van der Waals surface area contributed by atoms with Gasteiger partial charge >= 0.3 is 6.03 Å². The maximum atomic E-state index is 11.9. The van der Waals surface area contributed by atoms with Gasteiger partial charge in [-0.15, -0.1) is 0 Å². The Hall–Kier alpha value is -1.50. The zero-order valence-corrected chi connectivity index (χ0v) is 12.0. The van der Waals surface area contributed by atoms with Crippen molar-refractivity contribution >= 4 is 17.6 Å². The molecule has 3 N–H and O–H groups in total. The van der Waals surface area contributed by atoms with E-state index in [1.807, 2.05) is 0 Å². The van der Waals surface area contributed by atoms with Gasteiger partial charge in [0.05, 0.1) is 13.2 Å². The van der Waals surface area contributed by atoms with Crippen LogP contribution in [0.2, 0.25) is 5.02 Å². The molecule has 112 valence electrons. The van der Waals surface area contributed by atoms with Crippen molar-refractivity contribution < 1.29 is 19.7 Å². The first-order valence-corrected chi connectivity index (χ1v) is 6.64. The van der Waals surface area contributed by atoms with Crippen LogP contribution in [0.1, 0.15) is 6.92 Å². The van der Waals surface area contributed by atoms with Gasteiger partial charge in [0.2, 0.25) is 0 Å². The smallest absolute Gasteiger partial charge is 0.320 e. The van der Waals surface area contributed by atoms with Gasteiger partial charge in [-0.3, -0.25) is 0 Å². The Morgan fingerprint density at radius 2 is 1.85 bits per heavy atom. The van der Waals surface area contributed by atoms with E-state index in [0.29, 0.717) is 10.8 Å². The van der Waals surface area contributed by atoms with Crippen LogP contribution in [0.5, 0.6) is 5.75 Å². The molecule has 1 aromatic carbocycles. The average molecular weight is 303 g/mol. The molecule has 0 aliphatic rings. The molecule has 7 heteroatoms. The van der Waals surface area contributed by atoms with Crippen LogP contribution < -0.4 is 10.1 Å². The van der Waals surface area contributed by atoms with Gasteiger partial charge in [-0.25, -0.2) is 4.79 Å². The number of urea groups is 1. The maximum Gasteiger partial charge on any atom is 0.320 e. The number of halogens is 1. The molecule has 0 heterocycles. The van der Waals surface area contributed by atoms with E-state index in [1.54, 1.807) is 31.2 Å². The van der Waals surface area contributed by atoms with Crippen molar-refractivity contribution in [2.24, 2.45) is 0 Å². The lowest BCUT2D eigenvalue weighted by molar-refractivity contribution is 0.133. The topological polar surface area (TPSA) is 82.0 Å². The highest BCUT2D eigenvalue weighted by molar-refractivity contribution is 6.30. The molecule has 6 nitrogen and oxygen atoms in total. The predicted molar refractivity (Wildman–Crippen MR) is 75.8 cm³/mol. The van der Waals surface area contributed by atoms with Crippen molar-refractivity contribution in [2.45, 2.75) is 13.2 Å². The van der Waals surface area contributed by atoms with Crippen LogP contribution in [0.25, 0.3) is 0 Å². The van der Waals surface area contributed by atoms with Gasteiger partial charge in [-0.05, 0) is 31.2 Å². The number of nitrogens with zero attached hydrogens (tertiary/aromatic N) is 1. The summed E-state index contributed by atoms with van der Waals surface area (Å²) in [5.74, 6) is 0.582. The lowest BCUT2D eigenvalue weighted by Gasteiger charge is -2.24. The number of hydrogen-bond acceptors (Lipinski definition) is 4. The summed E-state index contributed by atoms with van der Waals surface area (Å²) < 4.78 is 5.50. The number of benzene rings is 1. The number of ether oxygens (including phenoxy) is 1. The third-order valence-electron chi connectivity index (χ3n) is 2.48. The largest absolute Gasteiger partial charge is 0.471 e. The molecule has 1 rings (SSSR count). The van der Waals surface area contributed by atoms with E-state index in [2.05, 4.69) is 5.32 Å². The van der Waals surface area contributed by atoms with E-state index in [4.69, 9.17) is 26.6 Å². The van der Waals surface area contributed by atoms with Crippen molar-refractivity contribution in [3.05, 3.63) is 29.3 Å². The molecule has 0 aliphatic heterocycles. The first-order chi connectivity index (χ1) is 9.56. The molecular weight excluding hydrogens is 284 g/mol. The first kappa shape index (κ1) is 16.6. The van der Waals surface area contributed by atoms with Gasteiger partial charge in [0.15, 0.2) is 6.23 Å². The number of amides is 2. The van der Waals surface area contributed by atoms with Gasteiger partial charge in [-0.2, -0.15) is 0 Å². The Bertz CT molecular complexity index is 407. The minimum absolute atomic E-state index is 0.153. The highest BCUT2D eigenvalue weighted by Crippen LogP contribution is 2.16. The number of aliphatic hydroxyl groups excluding tert-OH is 2. The van der Waals surface area contributed by atoms with E-state index >= 15 is 0 Å². The van der Waals surface area contributed by atoms with Crippen LogP contribution in [0.15, 0.2) is 24.3 Å². The third-order valence-corrected chi connectivity index (χ3v) is 2.73. The maximum absolute atomic E-state index is 11.9. The first-order valence-electron chi connectivity index (χ1n) is 6.26. The number of rotatable bonds is 7. The minimum atomic E-state index is -0.552. The molecule has 0 aromatic heterocycles. The van der Waals surface area contributed by atoms with Crippen LogP contribution in [-0.4, -0.2) is 53.7 Å². The second-order valence-electron chi connectivity index (χ2n) is 4.10. The molecule has 1 aromatic rings. The molecule has 20 heavy (non-hydrogen) atoms. The Morgan fingerprint density at radius 1 is 1.30 bits per heavy atom. The normalized spacial score (nSPS) is 11.8. The van der Waals surface area contributed by atoms with Crippen LogP contribution in [0.4, 0.5) is 4.79 Å². The summed E-state index contributed by atoms with van der Waals surface area (Å²) in [5, 5.41) is 20.9. The molecule has 0 saturated carbocycles. The zero-order chi connectivity index (χ0) is 15.0. The average Bonchev–Trinajstić information content (AvgIpc) is 2.41. The number of carbonyl (C=O) groups excluding carboxylic acids is 1. The Balaban J connectivity index is 2.49. The summed E-state index contributed by atoms with van der Waals surface area (Å²) in [6, 6.07) is 6.37. The fraction of sp³-hybridized carbons (Fsp3) is 0.462. The monoisotopic (exact) mass is 302 g/mol. The number of hydrogen-bond donors (Lipinski definition) is 3. The fourth-order valence-corrected chi connectivity index (χ4v) is 1.69. The van der Waals surface area contributed by atoms with Crippen LogP contribution >= 0.6 is 11.6 Å². The van der Waals surface area contributed by atoms with Crippen LogP contribution in [0.3, 0.4) is 0 Å². The zero-order valence-electron chi connectivity index (χ0n) is 11.3. The highest BCUT2D eigenvalue weighted by atomic mass is 35.5. The predicted octanol–water partition coefficient (Wildman–Crippen LogP) is 1.06.